The summed E-state index contributed by atoms with van der Waals surface area (Å²) in [4.78, 5) is 30.9. The third-order valence-electron chi connectivity index (χ3n) is 6.76. The standard InChI is InChI=1S/C30H38N2O3/c1-22(2)18-29(33)32-17-11-7-5-4-6-10-16-31(21-25-12-8-9-13-27(25)32)30(34)24-14-15-28-26(20-24)19-23(3)35-28/h8-9,12-15,19-20,22H,4-7,10-11,16-18,21H2,1-3H3. The number of carbonyl (C=O) groups excluding carboxylic acids is 2. The quantitative estimate of drug-likeness (QED) is 0.406. The first kappa shape index (κ1) is 25.0. The van der Waals surface area contributed by atoms with Gasteiger partial charge in [0.1, 0.15) is 11.3 Å². The molecule has 0 radical (unpaired) electrons. The molecule has 186 valence electrons. The summed E-state index contributed by atoms with van der Waals surface area (Å²) in [7, 11) is 0. The summed E-state index contributed by atoms with van der Waals surface area (Å²) < 4.78 is 5.70. The van der Waals surface area contributed by atoms with E-state index >= 15 is 0 Å². The number of hydrogen-bond acceptors (Lipinski definition) is 3. The number of furan rings is 1. The van der Waals surface area contributed by atoms with Crippen LogP contribution in [0.3, 0.4) is 0 Å². The van der Waals surface area contributed by atoms with Gasteiger partial charge in [0.25, 0.3) is 5.91 Å². The van der Waals surface area contributed by atoms with Crippen LogP contribution in [0.1, 0.15) is 80.5 Å². The van der Waals surface area contributed by atoms with Gasteiger partial charge in [0.15, 0.2) is 0 Å². The number of para-hydroxylation sites is 1. The van der Waals surface area contributed by atoms with Crippen LogP contribution in [-0.2, 0) is 11.3 Å². The highest BCUT2D eigenvalue weighted by atomic mass is 16.3. The molecule has 5 nitrogen and oxygen atoms in total. The summed E-state index contributed by atoms with van der Waals surface area (Å²) in [6, 6.07) is 15.7. The summed E-state index contributed by atoms with van der Waals surface area (Å²) in [5.41, 5.74) is 3.44. The van der Waals surface area contributed by atoms with E-state index in [1.165, 1.54) is 0 Å². The van der Waals surface area contributed by atoms with Crippen molar-refractivity contribution in [3.05, 3.63) is 65.4 Å². The highest BCUT2D eigenvalue weighted by molar-refractivity contribution is 5.98. The van der Waals surface area contributed by atoms with E-state index in [2.05, 4.69) is 19.9 Å². The van der Waals surface area contributed by atoms with Crippen molar-refractivity contribution in [2.45, 2.75) is 72.3 Å². The number of anilines is 1. The van der Waals surface area contributed by atoms with E-state index in [0.29, 0.717) is 31.0 Å². The zero-order valence-corrected chi connectivity index (χ0v) is 21.4. The predicted molar refractivity (Wildman–Crippen MR) is 142 cm³/mol. The summed E-state index contributed by atoms with van der Waals surface area (Å²) in [5.74, 6) is 1.34. The Morgan fingerprint density at radius 1 is 0.914 bits per heavy atom. The third kappa shape index (κ3) is 6.33. The van der Waals surface area contributed by atoms with Crippen LogP contribution in [0.2, 0.25) is 0 Å². The van der Waals surface area contributed by atoms with Crippen molar-refractivity contribution >= 4 is 28.5 Å². The zero-order chi connectivity index (χ0) is 24.8. The van der Waals surface area contributed by atoms with Crippen molar-refractivity contribution in [3.8, 4) is 0 Å². The first-order valence-corrected chi connectivity index (χ1v) is 13.1. The molecule has 0 saturated heterocycles. The second kappa shape index (κ2) is 11.6. The van der Waals surface area contributed by atoms with Crippen molar-refractivity contribution in [3.63, 3.8) is 0 Å². The highest BCUT2D eigenvalue weighted by Crippen LogP contribution is 2.27. The lowest BCUT2D eigenvalue weighted by molar-refractivity contribution is -0.119. The molecule has 0 N–H and O–H groups in total. The Bertz CT molecular complexity index is 1160. The van der Waals surface area contributed by atoms with Crippen LogP contribution >= 0.6 is 0 Å². The molecular weight excluding hydrogens is 436 g/mol. The molecule has 0 bridgehead atoms. The molecule has 0 spiro atoms. The first-order chi connectivity index (χ1) is 16.9. The molecular formula is C30H38N2O3. The number of rotatable bonds is 3. The lowest BCUT2D eigenvalue weighted by atomic mass is 10.1. The van der Waals surface area contributed by atoms with Crippen molar-refractivity contribution < 1.29 is 14.0 Å². The minimum absolute atomic E-state index is 0.0236. The van der Waals surface area contributed by atoms with Crippen molar-refractivity contribution in [2.24, 2.45) is 5.92 Å². The fourth-order valence-corrected chi connectivity index (χ4v) is 4.98. The van der Waals surface area contributed by atoms with Crippen molar-refractivity contribution in [1.82, 2.24) is 4.90 Å². The first-order valence-electron chi connectivity index (χ1n) is 13.1. The molecule has 2 amide bonds. The molecule has 2 aromatic carbocycles. The van der Waals surface area contributed by atoms with E-state index in [4.69, 9.17) is 4.42 Å². The van der Waals surface area contributed by atoms with Gasteiger partial charge in [0.05, 0.1) is 0 Å². The van der Waals surface area contributed by atoms with E-state index in [-0.39, 0.29) is 11.8 Å². The minimum atomic E-state index is 0.0236. The van der Waals surface area contributed by atoms with Crippen LogP contribution in [-0.4, -0.2) is 29.8 Å². The molecule has 4 rings (SSSR count). The molecule has 1 aromatic heterocycles. The Hall–Kier alpha value is -3.08. The van der Waals surface area contributed by atoms with Gasteiger partial charge in [0, 0.05) is 42.7 Å². The zero-order valence-electron chi connectivity index (χ0n) is 21.4. The molecule has 0 atom stereocenters. The van der Waals surface area contributed by atoms with Gasteiger partial charge in [0.2, 0.25) is 5.91 Å². The summed E-state index contributed by atoms with van der Waals surface area (Å²) in [6.45, 7) is 8.02. The van der Waals surface area contributed by atoms with E-state index in [1.54, 1.807) is 0 Å². The Morgan fingerprint density at radius 3 is 2.40 bits per heavy atom. The van der Waals surface area contributed by atoms with Gasteiger partial charge in [-0.05, 0) is 61.6 Å². The van der Waals surface area contributed by atoms with E-state index in [9.17, 15) is 9.59 Å². The molecule has 1 aliphatic rings. The van der Waals surface area contributed by atoms with Gasteiger partial charge in [-0.25, -0.2) is 0 Å². The lowest BCUT2D eigenvalue weighted by Crippen LogP contribution is -2.35. The number of benzene rings is 2. The normalized spacial score (nSPS) is 15.9. The van der Waals surface area contributed by atoms with Crippen LogP contribution < -0.4 is 4.90 Å². The molecule has 5 heteroatoms. The fraction of sp³-hybridized carbons (Fsp3) is 0.467. The largest absolute Gasteiger partial charge is 0.461 e. The third-order valence-corrected chi connectivity index (χ3v) is 6.76. The predicted octanol–water partition coefficient (Wildman–Crippen LogP) is 7.12. The lowest BCUT2D eigenvalue weighted by Gasteiger charge is -2.29. The Balaban J connectivity index is 1.66. The maximum Gasteiger partial charge on any atom is 0.254 e. The smallest absolute Gasteiger partial charge is 0.254 e. The van der Waals surface area contributed by atoms with Gasteiger partial charge >= 0.3 is 0 Å². The maximum absolute atomic E-state index is 13.7. The molecule has 1 aliphatic heterocycles. The SMILES string of the molecule is Cc1cc2cc(C(=O)N3CCCCCCCCN(C(=O)CC(C)C)c4ccccc4C3)ccc2o1. The summed E-state index contributed by atoms with van der Waals surface area (Å²) >= 11 is 0. The topological polar surface area (TPSA) is 53.8 Å². The molecule has 2 heterocycles. The molecule has 0 unspecified atom stereocenters. The molecule has 0 saturated carbocycles. The molecule has 3 aromatic rings. The van der Waals surface area contributed by atoms with E-state index in [0.717, 1.165) is 73.1 Å². The Kier molecular flexibility index (Phi) is 8.27. The van der Waals surface area contributed by atoms with E-state index < -0.39 is 0 Å². The summed E-state index contributed by atoms with van der Waals surface area (Å²) in [6.07, 6.45) is 7.08. The number of hydrogen-bond donors (Lipinski definition) is 0. The van der Waals surface area contributed by atoms with Gasteiger partial charge < -0.3 is 14.2 Å². The van der Waals surface area contributed by atoms with E-state index in [1.807, 2.05) is 59.2 Å². The number of aryl methyl sites for hydroxylation is 1. The van der Waals surface area contributed by atoms with Crippen LogP contribution in [0, 0.1) is 12.8 Å². The van der Waals surface area contributed by atoms with Crippen LogP contribution in [0.15, 0.2) is 52.9 Å². The molecule has 0 fully saturated rings. The number of nitrogens with zero attached hydrogens (tertiary/aromatic N) is 2. The highest BCUT2D eigenvalue weighted by Gasteiger charge is 2.23. The monoisotopic (exact) mass is 474 g/mol. The van der Waals surface area contributed by atoms with Gasteiger partial charge in [-0.3, -0.25) is 9.59 Å². The maximum atomic E-state index is 13.7. The molecule has 35 heavy (non-hydrogen) atoms. The number of carbonyl (C=O) groups is 2. The molecule has 0 aliphatic carbocycles. The van der Waals surface area contributed by atoms with Gasteiger partial charge in [-0.2, -0.15) is 0 Å². The Morgan fingerprint density at radius 2 is 1.63 bits per heavy atom. The van der Waals surface area contributed by atoms with Crippen LogP contribution in [0.25, 0.3) is 11.0 Å². The van der Waals surface area contributed by atoms with Gasteiger partial charge in [-0.15, -0.1) is 0 Å². The number of amides is 2. The van der Waals surface area contributed by atoms with Crippen LogP contribution in [0.5, 0.6) is 0 Å². The van der Waals surface area contributed by atoms with Crippen molar-refractivity contribution in [1.29, 1.82) is 0 Å². The Labute approximate surface area is 209 Å². The van der Waals surface area contributed by atoms with Crippen molar-refractivity contribution in [2.75, 3.05) is 18.0 Å². The second-order valence-electron chi connectivity index (χ2n) is 10.2. The second-order valence-corrected chi connectivity index (χ2v) is 10.2. The minimum Gasteiger partial charge on any atom is -0.461 e. The average molecular weight is 475 g/mol. The summed E-state index contributed by atoms with van der Waals surface area (Å²) in [5, 5.41) is 0.949. The fourth-order valence-electron chi connectivity index (χ4n) is 4.98. The average Bonchev–Trinajstić information content (AvgIpc) is 3.21. The number of fused-ring (bicyclic) bond motifs is 2. The van der Waals surface area contributed by atoms with Crippen LogP contribution in [0.4, 0.5) is 5.69 Å². The van der Waals surface area contributed by atoms with Gasteiger partial charge in [-0.1, -0.05) is 57.7 Å².